The molecule has 0 radical (unpaired) electrons. The molecule has 0 spiro atoms. The lowest BCUT2D eigenvalue weighted by molar-refractivity contribution is -0.384. The highest BCUT2D eigenvalue weighted by Crippen LogP contribution is 2.24. The lowest BCUT2D eigenvalue weighted by atomic mass is 10.3. The molecule has 2 rings (SSSR count). The van der Waals surface area contributed by atoms with E-state index in [2.05, 4.69) is 0 Å². The number of rotatable bonds is 1. The normalized spacial score (nSPS) is 9.26. The van der Waals surface area contributed by atoms with Gasteiger partial charge in [-0.2, -0.15) is 0 Å². The molecule has 7 heteroatoms. The molecule has 0 aliphatic rings. The number of hydrogen-bond acceptors (Lipinski definition) is 6. The molecular formula is C12H13N3O4. The van der Waals surface area contributed by atoms with E-state index in [0.717, 1.165) is 6.07 Å². The zero-order valence-electron chi connectivity index (χ0n) is 9.85. The summed E-state index contributed by atoms with van der Waals surface area (Å²) >= 11 is 0. The van der Waals surface area contributed by atoms with Crippen molar-refractivity contribution < 1.29 is 15.1 Å². The number of nitrogen functional groups attached to an aromatic ring is 2. The first-order valence-electron chi connectivity index (χ1n) is 5.17. The number of hydrogen-bond donors (Lipinski definition) is 4. The number of benzene rings is 2. The van der Waals surface area contributed by atoms with Crippen LogP contribution in [0.5, 0.6) is 11.5 Å². The smallest absolute Gasteiger partial charge is 0.273 e. The molecule has 0 aliphatic heterocycles. The van der Waals surface area contributed by atoms with Crippen molar-refractivity contribution >= 4 is 17.1 Å². The minimum atomic E-state index is -0.598. The second-order valence-electron chi connectivity index (χ2n) is 3.59. The van der Waals surface area contributed by atoms with Crippen molar-refractivity contribution in [3.63, 3.8) is 0 Å². The van der Waals surface area contributed by atoms with Gasteiger partial charge in [-0.05, 0) is 30.3 Å². The van der Waals surface area contributed by atoms with Crippen LogP contribution in [0.25, 0.3) is 0 Å². The third-order valence-electron chi connectivity index (χ3n) is 2.12. The van der Waals surface area contributed by atoms with Crippen molar-refractivity contribution in [1.29, 1.82) is 0 Å². The Morgan fingerprint density at radius 2 is 1.58 bits per heavy atom. The minimum Gasteiger partial charge on any atom is -0.508 e. The molecule has 0 aliphatic carbocycles. The van der Waals surface area contributed by atoms with Gasteiger partial charge in [0.2, 0.25) is 0 Å². The molecule has 0 fully saturated rings. The highest BCUT2D eigenvalue weighted by atomic mass is 16.6. The largest absolute Gasteiger partial charge is 0.508 e. The van der Waals surface area contributed by atoms with Crippen LogP contribution in [0.1, 0.15) is 0 Å². The van der Waals surface area contributed by atoms with Gasteiger partial charge < -0.3 is 21.7 Å². The highest BCUT2D eigenvalue weighted by Gasteiger charge is 2.06. The number of nitrogens with two attached hydrogens (primary N) is 2. The maximum Gasteiger partial charge on any atom is 0.273 e. The summed E-state index contributed by atoms with van der Waals surface area (Å²) in [6.45, 7) is 0. The molecule has 0 saturated heterocycles. The quantitative estimate of drug-likeness (QED) is 0.204. The summed E-state index contributed by atoms with van der Waals surface area (Å²) in [4.78, 5) is 9.52. The van der Waals surface area contributed by atoms with Gasteiger partial charge >= 0.3 is 0 Å². The number of non-ortho nitro benzene ring substituents is 1. The Hall–Kier alpha value is -2.96. The summed E-state index contributed by atoms with van der Waals surface area (Å²) in [5, 5.41) is 27.7. The SMILES string of the molecule is Nc1ccc(O)cc1.Nc1ccc([N+](=O)[O-])cc1O. The Morgan fingerprint density at radius 3 is 2.00 bits per heavy atom. The predicted octanol–water partition coefficient (Wildman–Crippen LogP) is 1.86. The average molecular weight is 263 g/mol. The van der Waals surface area contributed by atoms with Gasteiger partial charge in [0.15, 0.2) is 0 Å². The zero-order valence-corrected chi connectivity index (χ0v) is 9.85. The van der Waals surface area contributed by atoms with E-state index in [4.69, 9.17) is 21.7 Å². The second-order valence-corrected chi connectivity index (χ2v) is 3.59. The Balaban J connectivity index is 0.000000200. The number of nitro groups is 1. The van der Waals surface area contributed by atoms with Crippen LogP contribution in [0.15, 0.2) is 42.5 Å². The number of nitro benzene ring substituents is 1. The summed E-state index contributed by atoms with van der Waals surface area (Å²) in [7, 11) is 0. The van der Waals surface area contributed by atoms with E-state index >= 15 is 0 Å². The van der Waals surface area contributed by atoms with Crippen LogP contribution in [0, 0.1) is 10.1 Å². The number of nitrogens with zero attached hydrogens (tertiary/aromatic N) is 1. The predicted molar refractivity (Wildman–Crippen MR) is 71.7 cm³/mol. The molecule has 2 aromatic rings. The Morgan fingerprint density at radius 1 is 1.00 bits per heavy atom. The topological polar surface area (TPSA) is 136 Å². The third kappa shape index (κ3) is 4.43. The number of phenols is 2. The maximum atomic E-state index is 10.1. The van der Waals surface area contributed by atoms with Crippen LogP contribution in [-0.2, 0) is 0 Å². The van der Waals surface area contributed by atoms with Crippen molar-refractivity contribution in [2.24, 2.45) is 0 Å². The highest BCUT2D eigenvalue weighted by molar-refractivity contribution is 5.56. The molecular weight excluding hydrogens is 250 g/mol. The Labute approximate surface area is 108 Å². The van der Waals surface area contributed by atoms with Crippen molar-refractivity contribution in [1.82, 2.24) is 0 Å². The van der Waals surface area contributed by atoms with Gasteiger partial charge in [0.25, 0.3) is 5.69 Å². The van der Waals surface area contributed by atoms with E-state index in [-0.39, 0.29) is 22.9 Å². The van der Waals surface area contributed by atoms with E-state index in [1.807, 2.05) is 0 Å². The molecule has 0 atom stereocenters. The first kappa shape index (κ1) is 14.1. The van der Waals surface area contributed by atoms with Crippen LogP contribution in [0.4, 0.5) is 17.1 Å². The van der Waals surface area contributed by atoms with E-state index in [1.165, 1.54) is 12.1 Å². The average Bonchev–Trinajstić information content (AvgIpc) is 2.37. The fraction of sp³-hybridized carbons (Fsp3) is 0. The Bertz CT molecular complexity index is 549. The van der Waals surface area contributed by atoms with E-state index in [0.29, 0.717) is 5.69 Å². The van der Waals surface area contributed by atoms with Crippen LogP contribution in [0.2, 0.25) is 0 Å². The molecule has 100 valence electrons. The molecule has 2 aromatic carbocycles. The number of phenolic OH excluding ortho intramolecular Hbond substituents is 2. The molecule has 0 unspecified atom stereocenters. The first-order valence-corrected chi connectivity index (χ1v) is 5.17. The van der Waals surface area contributed by atoms with E-state index < -0.39 is 4.92 Å². The molecule has 19 heavy (non-hydrogen) atoms. The molecule has 0 bridgehead atoms. The van der Waals surface area contributed by atoms with Gasteiger partial charge in [-0.3, -0.25) is 10.1 Å². The van der Waals surface area contributed by atoms with E-state index in [1.54, 1.807) is 24.3 Å². The number of anilines is 2. The van der Waals surface area contributed by atoms with E-state index in [9.17, 15) is 10.1 Å². The molecule has 0 heterocycles. The van der Waals surface area contributed by atoms with Crippen LogP contribution in [-0.4, -0.2) is 15.1 Å². The van der Waals surface area contributed by atoms with Crippen molar-refractivity contribution in [2.45, 2.75) is 0 Å². The fourth-order valence-corrected chi connectivity index (χ4v) is 1.12. The Kier molecular flexibility index (Phi) is 4.53. The summed E-state index contributed by atoms with van der Waals surface area (Å²) in [6.07, 6.45) is 0. The van der Waals surface area contributed by atoms with Crippen LogP contribution < -0.4 is 11.5 Å². The molecule has 7 nitrogen and oxygen atoms in total. The van der Waals surface area contributed by atoms with Crippen LogP contribution in [0.3, 0.4) is 0 Å². The molecule has 0 amide bonds. The number of aromatic hydroxyl groups is 2. The summed E-state index contributed by atoms with van der Waals surface area (Å²) in [6, 6.07) is 9.92. The van der Waals surface area contributed by atoms with Gasteiger partial charge in [0, 0.05) is 11.8 Å². The lowest BCUT2D eigenvalue weighted by Gasteiger charge is -1.95. The molecule has 0 saturated carbocycles. The van der Waals surface area contributed by atoms with Crippen molar-refractivity contribution in [2.75, 3.05) is 11.5 Å². The van der Waals surface area contributed by atoms with Gasteiger partial charge in [-0.15, -0.1) is 0 Å². The fourth-order valence-electron chi connectivity index (χ4n) is 1.12. The van der Waals surface area contributed by atoms with Gasteiger partial charge in [0.1, 0.15) is 11.5 Å². The van der Waals surface area contributed by atoms with Crippen molar-refractivity contribution in [3.05, 3.63) is 52.6 Å². The summed E-state index contributed by atoms with van der Waals surface area (Å²) in [5.74, 6) is -0.0154. The van der Waals surface area contributed by atoms with Gasteiger partial charge in [-0.25, -0.2) is 0 Å². The maximum absolute atomic E-state index is 10.1. The summed E-state index contributed by atoms with van der Waals surface area (Å²) < 4.78 is 0. The van der Waals surface area contributed by atoms with Gasteiger partial charge in [0.05, 0.1) is 16.7 Å². The summed E-state index contributed by atoms with van der Waals surface area (Å²) in [5.41, 5.74) is 11.2. The standard InChI is InChI=1S/C6H6N2O3.C6H7NO/c7-5-2-1-4(8(10)11)3-6(5)9;7-5-1-3-6(8)4-2-5/h1-3,9H,7H2;1-4,8H,7H2. The second kappa shape index (κ2) is 6.10. The minimum absolute atomic E-state index is 0.135. The third-order valence-corrected chi connectivity index (χ3v) is 2.12. The van der Waals surface area contributed by atoms with Crippen LogP contribution >= 0.6 is 0 Å². The molecule has 0 aromatic heterocycles. The van der Waals surface area contributed by atoms with Crippen molar-refractivity contribution in [3.8, 4) is 11.5 Å². The first-order chi connectivity index (χ1) is 8.90. The zero-order chi connectivity index (χ0) is 14.4. The molecule has 6 N–H and O–H groups in total. The van der Waals surface area contributed by atoms with Gasteiger partial charge in [-0.1, -0.05) is 0 Å². The monoisotopic (exact) mass is 263 g/mol. The lowest BCUT2D eigenvalue weighted by Crippen LogP contribution is -1.89.